The first-order chi connectivity index (χ1) is 13.8. The Kier molecular flexibility index (Phi) is 5.92. The van der Waals surface area contributed by atoms with Crippen molar-refractivity contribution in [1.29, 1.82) is 4.78 Å². The zero-order valence-corrected chi connectivity index (χ0v) is 16.5. The second-order valence-corrected chi connectivity index (χ2v) is 8.47. The van der Waals surface area contributed by atoms with E-state index in [9.17, 15) is 0 Å². The summed E-state index contributed by atoms with van der Waals surface area (Å²) < 4.78 is 8.41. The van der Waals surface area contributed by atoms with Gasteiger partial charge in [0.2, 0.25) is 5.95 Å². The van der Waals surface area contributed by atoms with E-state index < -0.39 is 10.7 Å². The van der Waals surface area contributed by atoms with Gasteiger partial charge in [-0.05, 0) is 55.5 Å². The van der Waals surface area contributed by atoms with Crippen LogP contribution in [0.4, 0.5) is 17.5 Å². The maximum absolute atomic E-state index is 8.41. The Labute approximate surface area is 167 Å². The summed E-state index contributed by atoms with van der Waals surface area (Å²) >= 11 is 0. The molecule has 4 bridgehead atoms. The minimum absolute atomic E-state index is 0.482. The Balaban J connectivity index is 1.58. The first kappa shape index (κ1) is 18.6. The molecule has 1 atom stereocenters. The third-order valence-corrected chi connectivity index (χ3v) is 6.23. The standard InChI is InChI=1S/C21H24N6S/c22-28-12-2-1-11-24-20-17(9-8-16-5-4-10-23-14-16)15-25-21(27-20)26-18-6-3-7-19(28)13-18/h3-7,10,13-15,22H,1-2,8-9,11-12H2,(H2,24,25,26,27). The van der Waals surface area contributed by atoms with Gasteiger partial charge in [0.15, 0.2) is 0 Å². The number of aryl methyl sites for hydroxylation is 2. The third kappa shape index (κ3) is 4.72. The van der Waals surface area contributed by atoms with Crippen molar-refractivity contribution in [2.24, 2.45) is 0 Å². The molecule has 0 aliphatic carbocycles. The minimum Gasteiger partial charge on any atom is -0.370 e. The van der Waals surface area contributed by atoms with Crippen LogP contribution in [0.5, 0.6) is 0 Å². The second-order valence-electron chi connectivity index (χ2n) is 6.81. The molecule has 0 fully saturated rings. The van der Waals surface area contributed by atoms with Crippen molar-refractivity contribution in [3.8, 4) is 0 Å². The van der Waals surface area contributed by atoms with E-state index in [0.717, 1.165) is 59.9 Å². The molecule has 0 radical (unpaired) electrons. The van der Waals surface area contributed by atoms with Gasteiger partial charge in [-0.3, -0.25) is 9.76 Å². The fourth-order valence-corrected chi connectivity index (χ4v) is 4.42. The number of anilines is 3. The summed E-state index contributed by atoms with van der Waals surface area (Å²) in [5, 5.41) is 6.78. The molecular formula is C21H24N6S. The Bertz CT molecular complexity index is 960. The van der Waals surface area contributed by atoms with Crippen molar-refractivity contribution < 1.29 is 0 Å². The Morgan fingerprint density at radius 3 is 2.93 bits per heavy atom. The zero-order valence-electron chi connectivity index (χ0n) is 15.7. The van der Waals surface area contributed by atoms with Crippen molar-refractivity contribution >= 4 is 28.1 Å². The number of rotatable bonds is 3. The number of hydrogen-bond donors (Lipinski definition) is 3. The predicted octanol–water partition coefficient (Wildman–Crippen LogP) is 4.35. The first-order valence-electron chi connectivity index (χ1n) is 9.56. The van der Waals surface area contributed by atoms with Gasteiger partial charge >= 0.3 is 0 Å². The fourth-order valence-electron chi connectivity index (χ4n) is 3.18. The molecule has 7 heteroatoms. The lowest BCUT2D eigenvalue weighted by Crippen LogP contribution is -2.10. The van der Waals surface area contributed by atoms with Gasteiger partial charge in [-0.2, -0.15) is 4.98 Å². The molecule has 3 N–H and O–H groups in total. The fraction of sp³-hybridized carbons (Fsp3) is 0.286. The highest BCUT2D eigenvalue weighted by atomic mass is 32.2. The van der Waals surface area contributed by atoms with Crippen LogP contribution in [0.2, 0.25) is 0 Å². The topological polar surface area (TPSA) is 86.6 Å². The number of fused-ring (bicyclic) bond motifs is 4. The molecule has 3 aromatic rings. The van der Waals surface area contributed by atoms with Gasteiger partial charge < -0.3 is 10.6 Å². The van der Waals surface area contributed by atoms with Gasteiger partial charge in [0, 0.05) is 47.0 Å². The van der Waals surface area contributed by atoms with Crippen molar-refractivity contribution in [2.75, 3.05) is 22.9 Å². The van der Waals surface area contributed by atoms with Crippen LogP contribution in [0.15, 0.2) is 59.9 Å². The highest BCUT2D eigenvalue weighted by Crippen LogP contribution is 2.22. The highest BCUT2D eigenvalue weighted by molar-refractivity contribution is 7.86. The van der Waals surface area contributed by atoms with Gasteiger partial charge in [0.05, 0.1) is 0 Å². The van der Waals surface area contributed by atoms with Crippen LogP contribution in [-0.4, -0.2) is 27.2 Å². The molecule has 0 saturated carbocycles. The van der Waals surface area contributed by atoms with Gasteiger partial charge in [-0.1, -0.05) is 22.8 Å². The lowest BCUT2D eigenvalue weighted by Gasteiger charge is -2.13. The van der Waals surface area contributed by atoms with Crippen molar-refractivity contribution in [3.63, 3.8) is 0 Å². The Morgan fingerprint density at radius 2 is 2.04 bits per heavy atom. The van der Waals surface area contributed by atoms with Gasteiger partial charge in [0.25, 0.3) is 0 Å². The molecule has 0 amide bonds. The van der Waals surface area contributed by atoms with E-state index in [4.69, 9.17) is 9.76 Å². The summed E-state index contributed by atoms with van der Waals surface area (Å²) in [5.74, 6) is 2.36. The Hall–Kier alpha value is -2.80. The Morgan fingerprint density at radius 1 is 1.07 bits per heavy atom. The summed E-state index contributed by atoms with van der Waals surface area (Å²) in [7, 11) is -0.482. The molecule has 28 heavy (non-hydrogen) atoms. The van der Waals surface area contributed by atoms with E-state index in [0.29, 0.717) is 5.95 Å². The largest absolute Gasteiger partial charge is 0.370 e. The average molecular weight is 393 g/mol. The summed E-state index contributed by atoms with van der Waals surface area (Å²) in [6.07, 6.45) is 9.43. The summed E-state index contributed by atoms with van der Waals surface area (Å²) in [6.45, 7) is 0.852. The van der Waals surface area contributed by atoms with Crippen LogP contribution < -0.4 is 10.6 Å². The van der Waals surface area contributed by atoms with Crippen LogP contribution in [0, 0.1) is 4.78 Å². The maximum Gasteiger partial charge on any atom is 0.229 e. The molecule has 0 saturated heterocycles. The molecule has 1 aromatic carbocycles. The van der Waals surface area contributed by atoms with Crippen LogP contribution in [0.1, 0.15) is 24.0 Å². The molecule has 0 spiro atoms. The smallest absolute Gasteiger partial charge is 0.229 e. The zero-order chi connectivity index (χ0) is 19.2. The SMILES string of the molecule is N=S1CCCCNc2nc(ncc2CCc2cccnc2)Nc2cccc1c2. The number of pyridine rings is 1. The monoisotopic (exact) mass is 392 g/mol. The molecule has 3 heterocycles. The molecule has 1 aliphatic rings. The van der Waals surface area contributed by atoms with E-state index in [2.05, 4.69) is 26.7 Å². The van der Waals surface area contributed by atoms with E-state index in [1.165, 1.54) is 5.56 Å². The van der Waals surface area contributed by atoms with Crippen LogP contribution in [0.3, 0.4) is 0 Å². The van der Waals surface area contributed by atoms with Gasteiger partial charge in [0.1, 0.15) is 5.82 Å². The van der Waals surface area contributed by atoms with E-state index >= 15 is 0 Å². The molecule has 2 aromatic heterocycles. The van der Waals surface area contributed by atoms with Crippen molar-refractivity contribution in [2.45, 2.75) is 30.6 Å². The molecule has 144 valence electrons. The van der Waals surface area contributed by atoms with Crippen LogP contribution >= 0.6 is 0 Å². The third-order valence-electron chi connectivity index (χ3n) is 4.71. The van der Waals surface area contributed by atoms with Crippen LogP contribution in [0.25, 0.3) is 0 Å². The predicted molar refractivity (Wildman–Crippen MR) is 114 cm³/mol. The van der Waals surface area contributed by atoms with Crippen molar-refractivity contribution in [3.05, 3.63) is 66.1 Å². The van der Waals surface area contributed by atoms with E-state index in [1.54, 1.807) is 6.20 Å². The average Bonchev–Trinajstić information content (AvgIpc) is 2.73. The van der Waals surface area contributed by atoms with Gasteiger partial charge in [-0.25, -0.2) is 4.98 Å². The van der Waals surface area contributed by atoms with Crippen molar-refractivity contribution in [1.82, 2.24) is 15.0 Å². The maximum atomic E-state index is 8.41. The molecular weight excluding hydrogens is 368 g/mol. The summed E-state index contributed by atoms with van der Waals surface area (Å²) in [6, 6.07) is 12.1. The molecule has 6 nitrogen and oxygen atoms in total. The normalized spacial score (nSPS) is 16.6. The first-order valence-corrected chi connectivity index (χ1v) is 11.0. The highest BCUT2D eigenvalue weighted by Gasteiger charge is 2.10. The molecule has 1 aliphatic heterocycles. The molecule has 4 rings (SSSR count). The quantitative estimate of drug-likeness (QED) is 0.617. The minimum atomic E-state index is -0.482. The molecule has 1 unspecified atom stereocenters. The van der Waals surface area contributed by atoms with Gasteiger partial charge in [-0.15, -0.1) is 0 Å². The van der Waals surface area contributed by atoms with E-state index in [1.807, 2.05) is 42.7 Å². The van der Waals surface area contributed by atoms with E-state index in [-0.39, 0.29) is 0 Å². The number of aromatic nitrogens is 3. The second kappa shape index (κ2) is 8.93. The number of nitrogens with one attached hydrogen (secondary N) is 3. The number of nitrogens with zero attached hydrogens (tertiary/aromatic N) is 3. The summed E-state index contributed by atoms with van der Waals surface area (Å²) in [4.78, 5) is 14.5. The van der Waals surface area contributed by atoms with Crippen LogP contribution in [-0.2, 0) is 23.5 Å². The lowest BCUT2D eigenvalue weighted by molar-refractivity contribution is 0.831. The number of hydrogen-bond acceptors (Lipinski definition) is 6. The number of benzene rings is 1. The summed E-state index contributed by atoms with van der Waals surface area (Å²) in [5.41, 5.74) is 3.25. The lowest BCUT2D eigenvalue weighted by atomic mass is 10.1.